The van der Waals surface area contributed by atoms with Gasteiger partial charge in [0.2, 0.25) is 5.60 Å². The van der Waals surface area contributed by atoms with Gasteiger partial charge in [-0.15, -0.1) is 0 Å². The van der Waals surface area contributed by atoms with E-state index in [9.17, 15) is 31.4 Å². The molecule has 0 aromatic carbocycles. The topological polar surface area (TPSA) is 55.9 Å². The van der Waals surface area contributed by atoms with Crippen LogP contribution in [0.2, 0.25) is 0 Å². The molecule has 2 aromatic rings. The number of fused-ring (bicyclic) bond motifs is 3. The molecule has 2 atom stereocenters. The van der Waals surface area contributed by atoms with E-state index in [-0.39, 0.29) is 23.4 Å². The van der Waals surface area contributed by atoms with E-state index in [2.05, 4.69) is 10.1 Å². The van der Waals surface area contributed by atoms with Crippen LogP contribution in [-0.4, -0.2) is 30.6 Å². The smallest absolute Gasteiger partial charge is 0.374 e. The molecule has 0 saturated heterocycles. The summed E-state index contributed by atoms with van der Waals surface area (Å²) in [5, 5.41) is 13.4. The van der Waals surface area contributed by atoms with Crippen molar-refractivity contribution in [1.82, 2.24) is 19.3 Å². The molecule has 0 bridgehead atoms. The maximum atomic E-state index is 13.2. The molecule has 0 fully saturated rings. The average molecular weight is 368 g/mol. The highest BCUT2D eigenvalue weighted by molar-refractivity contribution is 5.64. The Hall–Kier alpha value is -2.04. The van der Waals surface area contributed by atoms with E-state index in [4.69, 9.17) is 0 Å². The lowest BCUT2D eigenvalue weighted by Gasteiger charge is -2.31. The quantitative estimate of drug-likeness (QED) is 0.787. The first kappa shape index (κ1) is 17.8. The fraction of sp³-hybridized carbons (Fsp3) is 0.571. The summed E-state index contributed by atoms with van der Waals surface area (Å²) in [6.07, 6.45) is -8.81. The summed E-state index contributed by atoms with van der Waals surface area (Å²) in [5.74, 6) is -0.664. The molecule has 1 aliphatic heterocycles. The van der Waals surface area contributed by atoms with E-state index in [1.54, 1.807) is 0 Å². The standard InChI is InChI=1S/C14H14F6N4O/c1-6-4-7-9(23(3)22-10(7)13(15,16)17)8-5-21-11(24(6)8)12(2,25)14(18,19)20/h5-6,25H,4H2,1-3H3/t6-,12?/m1/s1. The van der Waals surface area contributed by atoms with Gasteiger partial charge < -0.3 is 9.67 Å². The predicted molar refractivity (Wildman–Crippen MR) is 73.5 cm³/mol. The molecule has 25 heavy (non-hydrogen) atoms. The van der Waals surface area contributed by atoms with Gasteiger partial charge in [0.25, 0.3) is 0 Å². The molecule has 0 spiro atoms. The normalized spacial score (nSPS) is 20.2. The molecule has 5 nitrogen and oxygen atoms in total. The summed E-state index contributed by atoms with van der Waals surface area (Å²) in [6, 6.07) is -0.765. The molecule has 0 aliphatic carbocycles. The molecule has 2 aromatic heterocycles. The summed E-state index contributed by atoms with van der Waals surface area (Å²) in [4.78, 5) is 3.67. The number of rotatable bonds is 1. The Morgan fingerprint density at radius 2 is 1.80 bits per heavy atom. The first-order valence-corrected chi connectivity index (χ1v) is 7.27. The highest BCUT2D eigenvalue weighted by Gasteiger charge is 2.55. The Bertz CT molecular complexity index is 830. The molecule has 0 radical (unpaired) electrons. The maximum Gasteiger partial charge on any atom is 0.435 e. The van der Waals surface area contributed by atoms with E-state index in [1.165, 1.54) is 14.0 Å². The Kier molecular flexibility index (Phi) is 3.55. The molecule has 3 heterocycles. The van der Waals surface area contributed by atoms with E-state index >= 15 is 0 Å². The Morgan fingerprint density at radius 3 is 2.32 bits per heavy atom. The molecule has 1 N–H and O–H groups in total. The third-order valence-corrected chi connectivity index (χ3v) is 4.38. The molecule has 3 rings (SSSR count). The second kappa shape index (κ2) is 4.99. The number of halogens is 6. The van der Waals surface area contributed by atoms with E-state index in [0.29, 0.717) is 6.92 Å². The Morgan fingerprint density at radius 1 is 1.20 bits per heavy atom. The van der Waals surface area contributed by atoms with Crippen LogP contribution in [0, 0.1) is 0 Å². The minimum atomic E-state index is -4.99. The van der Waals surface area contributed by atoms with Crippen molar-refractivity contribution in [3.8, 4) is 11.4 Å². The largest absolute Gasteiger partial charge is 0.435 e. The van der Waals surface area contributed by atoms with Crippen LogP contribution in [-0.2, 0) is 25.2 Å². The molecule has 1 aliphatic rings. The zero-order valence-electron chi connectivity index (χ0n) is 13.4. The van der Waals surface area contributed by atoms with Gasteiger partial charge in [-0.05, 0) is 20.3 Å². The van der Waals surface area contributed by atoms with Crippen LogP contribution >= 0.6 is 0 Å². The van der Waals surface area contributed by atoms with Crippen LogP contribution in [0.1, 0.15) is 37.0 Å². The lowest BCUT2D eigenvalue weighted by molar-refractivity contribution is -0.262. The SMILES string of the molecule is C[C@@H]1Cc2c(C(F)(F)F)nn(C)c2-c2cnc(C(C)(O)C(F)(F)F)n21. The highest BCUT2D eigenvalue weighted by Crippen LogP contribution is 2.45. The number of aryl methyl sites for hydroxylation is 1. The number of hydrogen-bond donors (Lipinski definition) is 1. The molecule has 1 unspecified atom stereocenters. The molecule has 138 valence electrons. The molecular weight excluding hydrogens is 354 g/mol. The van der Waals surface area contributed by atoms with Gasteiger partial charge in [-0.1, -0.05) is 0 Å². The minimum Gasteiger partial charge on any atom is -0.374 e. The monoisotopic (exact) mass is 368 g/mol. The van der Waals surface area contributed by atoms with Crippen molar-refractivity contribution >= 4 is 0 Å². The lowest BCUT2D eigenvalue weighted by atomic mass is 9.96. The fourth-order valence-electron chi connectivity index (χ4n) is 3.17. The maximum absolute atomic E-state index is 13.2. The van der Waals surface area contributed by atoms with Gasteiger partial charge in [-0.25, -0.2) is 4.98 Å². The summed E-state index contributed by atoms with van der Waals surface area (Å²) in [6.45, 7) is 2.03. The third-order valence-electron chi connectivity index (χ3n) is 4.38. The van der Waals surface area contributed by atoms with E-state index in [1.807, 2.05) is 0 Å². The van der Waals surface area contributed by atoms with Crippen LogP contribution < -0.4 is 0 Å². The lowest BCUT2D eigenvalue weighted by Crippen LogP contribution is -2.42. The zero-order valence-corrected chi connectivity index (χ0v) is 13.4. The van der Waals surface area contributed by atoms with Crippen LogP contribution in [0.5, 0.6) is 0 Å². The minimum absolute atomic E-state index is 0.0437. The first-order chi connectivity index (χ1) is 11.3. The van der Waals surface area contributed by atoms with Crippen molar-refractivity contribution < 1.29 is 31.4 Å². The number of aliphatic hydroxyl groups is 1. The third kappa shape index (κ3) is 2.43. The fourth-order valence-corrected chi connectivity index (χ4v) is 3.17. The number of nitrogens with zero attached hydrogens (tertiary/aromatic N) is 4. The Balaban J connectivity index is 2.25. The number of alkyl halides is 6. The van der Waals surface area contributed by atoms with E-state index in [0.717, 1.165) is 15.4 Å². The van der Waals surface area contributed by atoms with Gasteiger partial charge >= 0.3 is 12.4 Å². The van der Waals surface area contributed by atoms with Gasteiger partial charge in [-0.2, -0.15) is 31.4 Å². The van der Waals surface area contributed by atoms with Gasteiger partial charge in [-0.3, -0.25) is 4.68 Å². The Labute approximate surface area is 137 Å². The summed E-state index contributed by atoms with van der Waals surface area (Å²) in [5.41, 5.74) is -4.29. The molecule has 11 heteroatoms. The van der Waals surface area contributed by atoms with Gasteiger partial charge in [0.15, 0.2) is 11.5 Å². The van der Waals surface area contributed by atoms with Crippen LogP contribution in [0.15, 0.2) is 6.20 Å². The van der Waals surface area contributed by atoms with Crippen molar-refractivity contribution in [2.45, 2.75) is 44.3 Å². The van der Waals surface area contributed by atoms with Crippen LogP contribution in [0.25, 0.3) is 11.4 Å². The molecular formula is C14H14F6N4O. The summed E-state index contributed by atoms with van der Waals surface area (Å²) >= 11 is 0. The number of imidazole rings is 1. The molecule has 0 amide bonds. The zero-order chi connectivity index (χ0) is 18.9. The van der Waals surface area contributed by atoms with Crippen molar-refractivity contribution in [2.24, 2.45) is 7.05 Å². The predicted octanol–water partition coefficient (Wildman–Crippen LogP) is 3.19. The second-order valence-electron chi connectivity index (χ2n) is 6.26. The van der Waals surface area contributed by atoms with Crippen molar-refractivity contribution in [3.63, 3.8) is 0 Å². The van der Waals surface area contributed by atoms with Crippen molar-refractivity contribution in [1.29, 1.82) is 0 Å². The second-order valence-corrected chi connectivity index (χ2v) is 6.26. The average Bonchev–Trinajstić information content (AvgIpc) is 2.99. The number of hydrogen-bond acceptors (Lipinski definition) is 3. The van der Waals surface area contributed by atoms with Gasteiger partial charge in [0.05, 0.1) is 17.6 Å². The number of aromatic nitrogens is 4. The van der Waals surface area contributed by atoms with Crippen LogP contribution in [0.4, 0.5) is 26.3 Å². The highest BCUT2D eigenvalue weighted by atomic mass is 19.4. The van der Waals surface area contributed by atoms with E-state index < -0.39 is 35.5 Å². The van der Waals surface area contributed by atoms with Gasteiger partial charge in [0.1, 0.15) is 0 Å². The van der Waals surface area contributed by atoms with Crippen molar-refractivity contribution in [2.75, 3.05) is 0 Å². The molecule has 0 saturated carbocycles. The van der Waals surface area contributed by atoms with Crippen molar-refractivity contribution in [3.05, 3.63) is 23.3 Å². The summed E-state index contributed by atoms with van der Waals surface area (Å²) < 4.78 is 81.0. The van der Waals surface area contributed by atoms with Crippen LogP contribution in [0.3, 0.4) is 0 Å². The van der Waals surface area contributed by atoms with Gasteiger partial charge in [0, 0.05) is 18.7 Å². The first-order valence-electron chi connectivity index (χ1n) is 7.27. The summed E-state index contributed by atoms with van der Waals surface area (Å²) in [7, 11) is 1.28.